The standard InChI is InChI=1S/C8H10O4S/c1-2-12-13(10,11)8-5-3-7(9)4-6-8/h3-6,9H,2H2,1H3. The Kier molecular flexibility index (Phi) is 2.90. The highest BCUT2D eigenvalue weighted by molar-refractivity contribution is 7.86. The molecule has 0 heterocycles. The highest BCUT2D eigenvalue weighted by Crippen LogP contribution is 2.15. The van der Waals surface area contributed by atoms with Gasteiger partial charge in [-0.25, -0.2) is 0 Å². The van der Waals surface area contributed by atoms with Gasteiger partial charge in [0.25, 0.3) is 10.1 Å². The number of hydrogen-bond donors (Lipinski definition) is 1. The summed E-state index contributed by atoms with van der Waals surface area (Å²) in [6.45, 7) is 1.70. The monoisotopic (exact) mass is 202 g/mol. The summed E-state index contributed by atoms with van der Waals surface area (Å²) >= 11 is 0. The van der Waals surface area contributed by atoms with Gasteiger partial charge in [-0.1, -0.05) is 0 Å². The summed E-state index contributed by atoms with van der Waals surface area (Å²) in [5, 5.41) is 8.92. The first kappa shape index (κ1) is 10.0. The fourth-order valence-electron chi connectivity index (χ4n) is 0.836. The van der Waals surface area contributed by atoms with E-state index in [9.17, 15) is 8.42 Å². The number of rotatable bonds is 3. The van der Waals surface area contributed by atoms with Gasteiger partial charge >= 0.3 is 0 Å². The third kappa shape index (κ3) is 2.43. The molecule has 72 valence electrons. The molecule has 0 spiro atoms. The van der Waals surface area contributed by atoms with Gasteiger partial charge in [0.2, 0.25) is 0 Å². The first-order valence-corrected chi connectivity index (χ1v) is 5.15. The summed E-state index contributed by atoms with van der Waals surface area (Å²) < 4.78 is 27.0. The van der Waals surface area contributed by atoms with Crippen LogP contribution < -0.4 is 0 Å². The van der Waals surface area contributed by atoms with E-state index in [4.69, 9.17) is 5.11 Å². The minimum atomic E-state index is -3.64. The lowest BCUT2D eigenvalue weighted by atomic mass is 10.3. The topological polar surface area (TPSA) is 63.6 Å². The maximum Gasteiger partial charge on any atom is 0.296 e. The normalized spacial score (nSPS) is 11.5. The van der Waals surface area contributed by atoms with Crippen molar-refractivity contribution >= 4 is 10.1 Å². The van der Waals surface area contributed by atoms with Crippen molar-refractivity contribution in [1.29, 1.82) is 0 Å². The molecule has 0 aliphatic carbocycles. The van der Waals surface area contributed by atoms with E-state index in [2.05, 4.69) is 4.18 Å². The predicted molar refractivity (Wildman–Crippen MR) is 46.9 cm³/mol. The molecule has 0 radical (unpaired) electrons. The summed E-state index contributed by atoms with van der Waals surface area (Å²) in [7, 11) is -3.64. The lowest BCUT2D eigenvalue weighted by Crippen LogP contribution is -2.05. The molecule has 0 fully saturated rings. The van der Waals surface area contributed by atoms with Gasteiger partial charge in [-0.3, -0.25) is 4.18 Å². The Morgan fingerprint density at radius 2 is 1.85 bits per heavy atom. The molecule has 1 aromatic rings. The van der Waals surface area contributed by atoms with Crippen molar-refractivity contribution in [2.45, 2.75) is 11.8 Å². The molecular formula is C8H10O4S. The van der Waals surface area contributed by atoms with Crippen molar-refractivity contribution in [3.05, 3.63) is 24.3 Å². The Labute approximate surface area is 76.9 Å². The van der Waals surface area contributed by atoms with E-state index in [1.165, 1.54) is 24.3 Å². The molecule has 1 aromatic carbocycles. The van der Waals surface area contributed by atoms with Gasteiger partial charge in [0.05, 0.1) is 11.5 Å². The van der Waals surface area contributed by atoms with Crippen LogP contribution in [0.2, 0.25) is 0 Å². The Morgan fingerprint density at radius 1 is 1.31 bits per heavy atom. The van der Waals surface area contributed by atoms with E-state index >= 15 is 0 Å². The Bertz CT molecular complexity index is 366. The first-order valence-electron chi connectivity index (χ1n) is 3.74. The zero-order valence-corrected chi connectivity index (χ0v) is 7.91. The second-order valence-corrected chi connectivity index (χ2v) is 3.97. The van der Waals surface area contributed by atoms with Gasteiger partial charge in [-0.05, 0) is 31.2 Å². The smallest absolute Gasteiger partial charge is 0.296 e. The lowest BCUT2D eigenvalue weighted by molar-refractivity contribution is 0.338. The molecule has 0 aromatic heterocycles. The molecular weight excluding hydrogens is 192 g/mol. The second-order valence-electron chi connectivity index (χ2n) is 2.35. The van der Waals surface area contributed by atoms with Crippen LogP contribution in [0.15, 0.2) is 29.2 Å². The van der Waals surface area contributed by atoms with Crippen molar-refractivity contribution in [2.24, 2.45) is 0 Å². The van der Waals surface area contributed by atoms with Gasteiger partial charge in [-0.15, -0.1) is 0 Å². The Hall–Kier alpha value is -1.07. The van der Waals surface area contributed by atoms with E-state index in [-0.39, 0.29) is 17.3 Å². The fraction of sp³-hybridized carbons (Fsp3) is 0.250. The van der Waals surface area contributed by atoms with Crippen LogP contribution in [-0.2, 0) is 14.3 Å². The molecule has 1 rings (SSSR count). The van der Waals surface area contributed by atoms with Crippen LogP contribution >= 0.6 is 0 Å². The summed E-state index contributed by atoms with van der Waals surface area (Å²) in [5.74, 6) is 0.0236. The summed E-state index contributed by atoms with van der Waals surface area (Å²) in [4.78, 5) is 0.0483. The Morgan fingerprint density at radius 3 is 2.31 bits per heavy atom. The molecule has 0 saturated heterocycles. The van der Waals surface area contributed by atoms with Crippen molar-refractivity contribution in [3.63, 3.8) is 0 Å². The zero-order valence-electron chi connectivity index (χ0n) is 7.10. The maximum atomic E-state index is 11.2. The highest BCUT2D eigenvalue weighted by Gasteiger charge is 2.13. The van der Waals surface area contributed by atoms with Crippen LogP contribution in [0.3, 0.4) is 0 Å². The predicted octanol–water partition coefficient (Wildman–Crippen LogP) is 1.12. The highest BCUT2D eigenvalue weighted by atomic mass is 32.2. The third-order valence-electron chi connectivity index (χ3n) is 1.40. The molecule has 0 saturated carbocycles. The van der Waals surface area contributed by atoms with Crippen LogP contribution in [0.25, 0.3) is 0 Å². The third-order valence-corrected chi connectivity index (χ3v) is 2.79. The molecule has 0 aliphatic heterocycles. The van der Waals surface area contributed by atoms with Crippen LogP contribution in [0, 0.1) is 0 Å². The number of phenols is 1. The van der Waals surface area contributed by atoms with Gasteiger partial charge in [0.15, 0.2) is 0 Å². The first-order chi connectivity index (χ1) is 6.06. The van der Waals surface area contributed by atoms with Crippen molar-refractivity contribution in [1.82, 2.24) is 0 Å². The molecule has 13 heavy (non-hydrogen) atoms. The van der Waals surface area contributed by atoms with Crippen LogP contribution in [0.1, 0.15) is 6.92 Å². The van der Waals surface area contributed by atoms with Gasteiger partial charge in [0, 0.05) is 0 Å². The van der Waals surface area contributed by atoms with E-state index in [1.54, 1.807) is 6.92 Å². The van der Waals surface area contributed by atoms with Gasteiger partial charge < -0.3 is 5.11 Å². The lowest BCUT2D eigenvalue weighted by Gasteiger charge is -2.02. The SMILES string of the molecule is CCOS(=O)(=O)c1ccc(O)cc1. The number of hydrogen-bond acceptors (Lipinski definition) is 4. The van der Waals surface area contributed by atoms with E-state index in [0.717, 1.165) is 0 Å². The second kappa shape index (κ2) is 3.76. The molecule has 1 N–H and O–H groups in total. The maximum absolute atomic E-state index is 11.2. The summed E-state index contributed by atoms with van der Waals surface area (Å²) in [6.07, 6.45) is 0. The zero-order chi connectivity index (χ0) is 9.90. The molecule has 0 atom stereocenters. The minimum absolute atomic E-state index is 0.0236. The number of aromatic hydroxyl groups is 1. The van der Waals surface area contributed by atoms with Crippen molar-refractivity contribution in [2.75, 3.05) is 6.61 Å². The van der Waals surface area contributed by atoms with E-state index in [0.29, 0.717) is 0 Å². The van der Waals surface area contributed by atoms with E-state index < -0.39 is 10.1 Å². The van der Waals surface area contributed by atoms with E-state index in [1.807, 2.05) is 0 Å². The Balaban J connectivity index is 3.02. The molecule has 5 heteroatoms. The van der Waals surface area contributed by atoms with Gasteiger partial charge in [0.1, 0.15) is 5.75 Å². The minimum Gasteiger partial charge on any atom is -0.508 e. The average molecular weight is 202 g/mol. The quantitative estimate of drug-likeness (QED) is 0.746. The molecule has 0 bridgehead atoms. The summed E-state index contributed by atoms with van der Waals surface area (Å²) in [6, 6.07) is 5.18. The largest absolute Gasteiger partial charge is 0.508 e. The molecule has 4 nitrogen and oxygen atoms in total. The van der Waals surface area contributed by atoms with Crippen LogP contribution in [0.5, 0.6) is 5.75 Å². The molecule has 0 amide bonds. The molecule has 0 unspecified atom stereocenters. The van der Waals surface area contributed by atoms with Crippen LogP contribution in [0.4, 0.5) is 0 Å². The van der Waals surface area contributed by atoms with Gasteiger partial charge in [-0.2, -0.15) is 8.42 Å². The molecule has 0 aliphatic rings. The average Bonchev–Trinajstić information content (AvgIpc) is 2.05. The van der Waals surface area contributed by atoms with Crippen LogP contribution in [-0.4, -0.2) is 20.1 Å². The van der Waals surface area contributed by atoms with Crippen molar-refractivity contribution in [3.8, 4) is 5.75 Å². The fourth-order valence-corrected chi connectivity index (χ4v) is 1.75. The number of benzene rings is 1. The number of phenolic OH excluding ortho intramolecular Hbond substituents is 1. The summed E-state index contributed by atoms with van der Waals surface area (Å²) in [5.41, 5.74) is 0. The van der Waals surface area contributed by atoms with Crippen molar-refractivity contribution < 1.29 is 17.7 Å².